The lowest BCUT2D eigenvalue weighted by Crippen LogP contribution is -2.45. The van der Waals surface area contributed by atoms with Gasteiger partial charge in [0, 0.05) is 24.6 Å². The van der Waals surface area contributed by atoms with Gasteiger partial charge < -0.3 is 9.64 Å². The Morgan fingerprint density at radius 2 is 1.93 bits per heavy atom. The van der Waals surface area contributed by atoms with Gasteiger partial charge in [0.15, 0.2) is 9.84 Å². The van der Waals surface area contributed by atoms with E-state index in [4.69, 9.17) is 4.74 Å². The minimum Gasteiger partial charge on any atom is -0.494 e. The Morgan fingerprint density at radius 1 is 1.21 bits per heavy atom. The van der Waals surface area contributed by atoms with Crippen LogP contribution in [0.4, 0.5) is 0 Å². The van der Waals surface area contributed by atoms with Crippen molar-refractivity contribution in [3.05, 3.63) is 29.8 Å². The molecule has 10 heteroatoms. The third-order valence-corrected chi connectivity index (χ3v) is 6.66. The predicted octanol–water partition coefficient (Wildman–Crippen LogP) is -0.118. The number of likely N-dealkylation sites (tertiary alicyclic amines) is 1. The van der Waals surface area contributed by atoms with E-state index >= 15 is 0 Å². The molecule has 3 rings (SSSR count). The van der Waals surface area contributed by atoms with Gasteiger partial charge in [-0.1, -0.05) is 0 Å². The standard InChI is InChI=1S/C18H23N3O6S/c1-2-27-15-5-3-12(4-6-15)17(23)19-20-18(24)13-9-16(22)21(10-13)14-7-8-28(25,26)11-14/h3-6,13-14H,2,7-11H2,1H3,(H,19,23)(H,20,24). The Bertz CT molecular complexity index is 868. The predicted molar refractivity (Wildman–Crippen MR) is 100 cm³/mol. The molecule has 2 fully saturated rings. The highest BCUT2D eigenvalue weighted by atomic mass is 32.2. The van der Waals surface area contributed by atoms with E-state index in [1.165, 1.54) is 4.90 Å². The van der Waals surface area contributed by atoms with E-state index in [1.54, 1.807) is 24.3 Å². The van der Waals surface area contributed by atoms with Crippen LogP contribution in [0.25, 0.3) is 0 Å². The largest absolute Gasteiger partial charge is 0.494 e. The topological polar surface area (TPSA) is 122 Å². The number of hydrogen-bond donors (Lipinski definition) is 2. The van der Waals surface area contributed by atoms with E-state index < -0.39 is 27.6 Å². The van der Waals surface area contributed by atoms with E-state index in [2.05, 4.69) is 10.9 Å². The number of hydrazine groups is 1. The van der Waals surface area contributed by atoms with Gasteiger partial charge in [-0.2, -0.15) is 0 Å². The van der Waals surface area contributed by atoms with Crippen LogP contribution in [0.1, 0.15) is 30.1 Å². The van der Waals surface area contributed by atoms with Gasteiger partial charge in [0.25, 0.3) is 5.91 Å². The van der Waals surface area contributed by atoms with E-state index in [0.717, 1.165) is 0 Å². The molecule has 0 radical (unpaired) electrons. The summed E-state index contributed by atoms with van der Waals surface area (Å²) in [5.74, 6) is -1.17. The van der Waals surface area contributed by atoms with E-state index in [1.807, 2.05) is 6.92 Å². The summed E-state index contributed by atoms with van der Waals surface area (Å²) in [5.41, 5.74) is 5.03. The first-order chi connectivity index (χ1) is 13.3. The molecule has 9 nitrogen and oxygen atoms in total. The lowest BCUT2D eigenvalue weighted by molar-refractivity contribution is -0.130. The van der Waals surface area contributed by atoms with Crippen molar-refractivity contribution in [1.82, 2.24) is 15.8 Å². The maximum absolute atomic E-state index is 12.3. The Balaban J connectivity index is 1.51. The molecule has 2 atom stereocenters. The summed E-state index contributed by atoms with van der Waals surface area (Å²) in [7, 11) is -3.11. The van der Waals surface area contributed by atoms with Crippen LogP contribution in [0.3, 0.4) is 0 Å². The number of carbonyl (C=O) groups is 3. The van der Waals surface area contributed by atoms with Crippen LogP contribution in [0.5, 0.6) is 5.75 Å². The average molecular weight is 409 g/mol. The van der Waals surface area contributed by atoms with E-state index in [9.17, 15) is 22.8 Å². The van der Waals surface area contributed by atoms with Crippen molar-refractivity contribution in [1.29, 1.82) is 0 Å². The zero-order valence-corrected chi connectivity index (χ0v) is 16.3. The van der Waals surface area contributed by atoms with Crippen LogP contribution in [-0.2, 0) is 19.4 Å². The molecule has 0 aliphatic carbocycles. The smallest absolute Gasteiger partial charge is 0.269 e. The fourth-order valence-electron chi connectivity index (χ4n) is 3.44. The third kappa shape index (κ3) is 4.61. The summed E-state index contributed by atoms with van der Waals surface area (Å²) < 4.78 is 28.5. The van der Waals surface area contributed by atoms with Gasteiger partial charge in [0.1, 0.15) is 5.75 Å². The lowest BCUT2D eigenvalue weighted by atomic mass is 10.1. The first-order valence-corrected chi connectivity index (χ1v) is 10.9. The fraction of sp³-hybridized carbons (Fsp3) is 0.500. The number of carbonyl (C=O) groups excluding carboxylic acids is 3. The zero-order chi connectivity index (χ0) is 20.3. The van der Waals surface area contributed by atoms with Crippen LogP contribution in [0.15, 0.2) is 24.3 Å². The van der Waals surface area contributed by atoms with Crippen LogP contribution >= 0.6 is 0 Å². The number of hydrogen-bond acceptors (Lipinski definition) is 6. The molecular formula is C18H23N3O6S. The van der Waals surface area contributed by atoms with Crippen molar-refractivity contribution in [3.8, 4) is 5.75 Å². The number of rotatable bonds is 5. The van der Waals surface area contributed by atoms with Gasteiger partial charge in [-0.05, 0) is 37.6 Å². The summed E-state index contributed by atoms with van der Waals surface area (Å²) >= 11 is 0. The minimum atomic E-state index is -3.11. The van der Waals surface area contributed by atoms with Crippen molar-refractivity contribution in [2.45, 2.75) is 25.8 Å². The second-order valence-electron chi connectivity index (χ2n) is 6.90. The Morgan fingerprint density at radius 3 is 2.54 bits per heavy atom. The first-order valence-electron chi connectivity index (χ1n) is 9.12. The lowest BCUT2D eigenvalue weighted by Gasteiger charge is -2.22. The number of benzene rings is 1. The highest BCUT2D eigenvalue weighted by Crippen LogP contribution is 2.26. The van der Waals surface area contributed by atoms with Crippen molar-refractivity contribution < 1.29 is 27.5 Å². The number of amides is 3. The number of nitrogens with one attached hydrogen (secondary N) is 2. The van der Waals surface area contributed by atoms with Gasteiger partial charge in [-0.15, -0.1) is 0 Å². The normalized spacial score (nSPS) is 23.5. The molecule has 2 saturated heterocycles. The molecular weight excluding hydrogens is 386 g/mol. The molecule has 1 aromatic rings. The summed E-state index contributed by atoms with van der Waals surface area (Å²) in [6.07, 6.45) is 0.401. The van der Waals surface area contributed by atoms with Crippen LogP contribution < -0.4 is 15.6 Å². The number of ether oxygens (including phenoxy) is 1. The molecule has 0 saturated carbocycles. The maximum Gasteiger partial charge on any atom is 0.269 e. The molecule has 2 heterocycles. The summed E-state index contributed by atoms with van der Waals surface area (Å²) in [5, 5.41) is 0. The van der Waals surface area contributed by atoms with Gasteiger partial charge >= 0.3 is 0 Å². The average Bonchev–Trinajstić information content (AvgIpc) is 3.22. The highest BCUT2D eigenvalue weighted by molar-refractivity contribution is 7.91. The Hall–Kier alpha value is -2.62. The molecule has 2 aliphatic rings. The van der Waals surface area contributed by atoms with Crippen LogP contribution in [-0.4, -0.2) is 61.7 Å². The molecule has 2 aliphatic heterocycles. The maximum atomic E-state index is 12.3. The van der Waals surface area contributed by atoms with E-state index in [0.29, 0.717) is 24.3 Å². The fourth-order valence-corrected chi connectivity index (χ4v) is 5.17. The summed E-state index contributed by atoms with van der Waals surface area (Å²) in [4.78, 5) is 38.1. The molecule has 0 aromatic heterocycles. The van der Waals surface area contributed by atoms with E-state index in [-0.39, 0.29) is 36.4 Å². The molecule has 28 heavy (non-hydrogen) atoms. The Kier molecular flexibility index (Phi) is 5.87. The van der Waals surface area contributed by atoms with Crippen molar-refractivity contribution in [2.75, 3.05) is 24.7 Å². The minimum absolute atomic E-state index is 0.00129. The Labute approximate surface area is 163 Å². The van der Waals surface area contributed by atoms with Gasteiger partial charge in [0.05, 0.1) is 24.0 Å². The van der Waals surface area contributed by atoms with Crippen LogP contribution in [0, 0.1) is 5.92 Å². The molecule has 152 valence electrons. The molecule has 0 spiro atoms. The van der Waals surface area contributed by atoms with Crippen LogP contribution in [0.2, 0.25) is 0 Å². The molecule has 1 aromatic carbocycles. The first kappa shape index (κ1) is 20.1. The molecule has 2 N–H and O–H groups in total. The number of nitrogens with zero attached hydrogens (tertiary/aromatic N) is 1. The van der Waals surface area contributed by atoms with Gasteiger partial charge in [-0.3, -0.25) is 25.2 Å². The highest BCUT2D eigenvalue weighted by Gasteiger charge is 2.41. The molecule has 2 unspecified atom stereocenters. The van der Waals surface area contributed by atoms with Crippen molar-refractivity contribution in [2.24, 2.45) is 5.92 Å². The second kappa shape index (κ2) is 8.17. The van der Waals surface area contributed by atoms with Crippen molar-refractivity contribution in [3.63, 3.8) is 0 Å². The van der Waals surface area contributed by atoms with Gasteiger partial charge in [-0.25, -0.2) is 8.42 Å². The quantitative estimate of drug-likeness (QED) is 0.654. The summed E-state index contributed by atoms with van der Waals surface area (Å²) in [6.45, 7) is 2.53. The third-order valence-electron chi connectivity index (χ3n) is 4.91. The molecule has 3 amide bonds. The monoisotopic (exact) mass is 409 g/mol. The summed E-state index contributed by atoms with van der Waals surface area (Å²) in [6, 6.07) is 6.10. The number of sulfone groups is 1. The van der Waals surface area contributed by atoms with Crippen molar-refractivity contribution >= 4 is 27.6 Å². The molecule has 0 bridgehead atoms. The zero-order valence-electron chi connectivity index (χ0n) is 15.5. The van der Waals surface area contributed by atoms with Gasteiger partial charge in [0.2, 0.25) is 11.8 Å². The second-order valence-corrected chi connectivity index (χ2v) is 9.13. The SMILES string of the molecule is CCOc1ccc(C(=O)NNC(=O)C2CC(=O)N(C3CCS(=O)(=O)C3)C2)cc1.